The predicted octanol–water partition coefficient (Wildman–Crippen LogP) is 2.97. The lowest BCUT2D eigenvalue weighted by atomic mass is 10.2. The van der Waals surface area contributed by atoms with Gasteiger partial charge in [-0.15, -0.1) is 5.10 Å². The van der Waals surface area contributed by atoms with Gasteiger partial charge in [0.25, 0.3) is 0 Å². The van der Waals surface area contributed by atoms with Crippen molar-refractivity contribution in [3.8, 4) is 17.1 Å². The van der Waals surface area contributed by atoms with Gasteiger partial charge in [-0.25, -0.2) is 4.39 Å². The van der Waals surface area contributed by atoms with Crippen molar-refractivity contribution in [1.82, 2.24) is 14.3 Å². The van der Waals surface area contributed by atoms with Gasteiger partial charge in [0.15, 0.2) is 12.5 Å². The maximum absolute atomic E-state index is 13.2. The van der Waals surface area contributed by atoms with E-state index in [-0.39, 0.29) is 5.82 Å². The fraction of sp³-hybridized carbons (Fsp3) is 0.333. The minimum atomic E-state index is -0.204. The highest BCUT2D eigenvalue weighted by Gasteiger charge is 2.34. The quantitative estimate of drug-likeness (QED) is 0.621. The standard InChI is InChI=1S/C21H23FN4OS/c1-24-20(18-5-3-4-6-19(18)27-2)23-26(21(24)28)14-25(17-11-12-17)13-15-7-9-16(22)10-8-15/h3-10,17H,11-14H2,1-2H3/p+1. The fourth-order valence-corrected chi connectivity index (χ4v) is 3.72. The molecule has 1 aromatic heterocycles. The number of nitrogens with one attached hydrogen (secondary N) is 1. The van der Waals surface area contributed by atoms with Crippen LogP contribution in [0.3, 0.4) is 0 Å². The Kier molecular flexibility index (Phi) is 5.28. The summed E-state index contributed by atoms with van der Waals surface area (Å²) in [5, 5.41) is 4.81. The number of para-hydroxylation sites is 1. The molecule has 1 fully saturated rings. The van der Waals surface area contributed by atoms with E-state index >= 15 is 0 Å². The molecule has 4 rings (SSSR count). The van der Waals surface area contributed by atoms with Crippen LogP contribution in [0.15, 0.2) is 48.5 Å². The van der Waals surface area contributed by atoms with Crippen molar-refractivity contribution in [2.24, 2.45) is 7.05 Å². The second-order valence-electron chi connectivity index (χ2n) is 7.26. The Morgan fingerprint density at radius 2 is 1.89 bits per heavy atom. The van der Waals surface area contributed by atoms with Gasteiger partial charge in [0.1, 0.15) is 18.1 Å². The molecule has 0 bridgehead atoms. The van der Waals surface area contributed by atoms with E-state index in [9.17, 15) is 4.39 Å². The summed E-state index contributed by atoms with van der Waals surface area (Å²) in [5.74, 6) is 1.36. The lowest BCUT2D eigenvalue weighted by Gasteiger charge is -2.19. The van der Waals surface area contributed by atoms with Crippen LogP contribution < -0.4 is 9.64 Å². The largest absolute Gasteiger partial charge is 0.496 e. The van der Waals surface area contributed by atoms with E-state index in [1.54, 1.807) is 7.11 Å². The van der Waals surface area contributed by atoms with Gasteiger partial charge in [0.05, 0.1) is 18.7 Å². The van der Waals surface area contributed by atoms with Gasteiger partial charge in [-0.1, -0.05) is 24.3 Å². The number of halogens is 1. The Balaban J connectivity index is 1.61. The summed E-state index contributed by atoms with van der Waals surface area (Å²) in [6.45, 7) is 1.51. The van der Waals surface area contributed by atoms with Gasteiger partial charge in [0, 0.05) is 25.5 Å². The average molecular weight is 400 g/mol. The molecule has 3 aromatic rings. The SMILES string of the molecule is COc1ccccc1-c1nn(C[NH+](Cc2ccc(F)cc2)C2CC2)c(=S)n1C. The smallest absolute Gasteiger partial charge is 0.202 e. The Morgan fingerprint density at radius 3 is 2.57 bits per heavy atom. The molecule has 1 aliphatic rings. The highest BCUT2D eigenvalue weighted by molar-refractivity contribution is 7.71. The van der Waals surface area contributed by atoms with E-state index in [1.165, 1.54) is 29.9 Å². The Bertz CT molecular complexity index is 1020. The van der Waals surface area contributed by atoms with Crippen molar-refractivity contribution in [2.75, 3.05) is 7.11 Å². The average Bonchev–Trinajstić information content (AvgIpc) is 3.52. The van der Waals surface area contributed by atoms with Crippen LogP contribution in [0, 0.1) is 10.6 Å². The summed E-state index contributed by atoms with van der Waals surface area (Å²) < 4.78 is 23.2. The second kappa shape index (κ2) is 7.85. The molecule has 1 N–H and O–H groups in total. The molecule has 28 heavy (non-hydrogen) atoms. The summed E-state index contributed by atoms with van der Waals surface area (Å²) in [7, 11) is 3.59. The van der Waals surface area contributed by atoms with Gasteiger partial charge < -0.3 is 14.2 Å². The number of nitrogens with zero attached hydrogens (tertiary/aromatic N) is 3. The summed E-state index contributed by atoms with van der Waals surface area (Å²) in [6, 6.07) is 15.2. The number of rotatable bonds is 7. The van der Waals surface area contributed by atoms with Crippen LogP contribution in [0.1, 0.15) is 18.4 Å². The molecule has 0 spiro atoms. The predicted molar refractivity (Wildman–Crippen MR) is 108 cm³/mol. The van der Waals surface area contributed by atoms with E-state index < -0.39 is 0 Å². The molecule has 1 aliphatic carbocycles. The number of aromatic nitrogens is 3. The highest BCUT2D eigenvalue weighted by Crippen LogP contribution is 2.28. The monoisotopic (exact) mass is 399 g/mol. The van der Waals surface area contributed by atoms with E-state index in [0.29, 0.717) is 17.5 Å². The zero-order valence-electron chi connectivity index (χ0n) is 16.1. The van der Waals surface area contributed by atoms with Crippen LogP contribution in [0.25, 0.3) is 11.4 Å². The maximum Gasteiger partial charge on any atom is 0.202 e. The molecule has 5 nitrogen and oxygen atoms in total. The van der Waals surface area contributed by atoms with Crippen LogP contribution in [0.5, 0.6) is 5.75 Å². The van der Waals surface area contributed by atoms with E-state index in [4.69, 9.17) is 22.1 Å². The molecule has 1 heterocycles. The highest BCUT2D eigenvalue weighted by atomic mass is 32.1. The third-order valence-corrected chi connectivity index (χ3v) is 5.73. The van der Waals surface area contributed by atoms with Crippen LogP contribution in [0.2, 0.25) is 0 Å². The fourth-order valence-electron chi connectivity index (χ4n) is 3.53. The van der Waals surface area contributed by atoms with Gasteiger partial charge in [-0.2, -0.15) is 4.68 Å². The molecule has 0 radical (unpaired) electrons. The molecule has 0 amide bonds. The van der Waals surface area contributed by atoms with Crippen LogP contribution >= 0.6 is 12.2 Å². The van der Waals surface area contributed by atoms with E-state index in [2.05, 4.69) is 0 Å². The summed E-state index contributed by atoms with van der Waals surface area (Å²) in [6.07, 6.45) is 2.41. The van der Waals surface area contributed by atoms with Gasteiger partial charge in [0.2, 0.25) is 4.77 Å². The summed E-state index contributed by atoms with van der Waals surface area (Å²) in [5.41, 5.74) is 2.04. The van der Waals surface area contributed by atoms with Gasteiger partial charge >= 0.3 is 0 Å². The molecule has 1 unspecified atom stereocenters. The first-order valence-electron chi connectivity index (χ1n) is 9.43. The van der Waals surface area contributed by atoms with Crippen molar-refractivity contribution in [2.45, 2.75) is 32.1 Å². The van der Waals surface area contributed by atoms with E-state index in [0.717, 1.165) is 29.2 Å². The van der Waals surface area contributed by atoms with Crippen molar-refractivity contribution in [1.29, 1.82) is 0 Å². The lowest BCUT2D eigenvalue weighted by Crippen LogP contribution is -3.11. The summed E-state index contributed by atoms with van der Waals surface area (Å²) >= 11 is 5.66. The van der Waals surface area contributed by atoms with Crippen molar-refractivity contribution < 1.29 is 14.0 Å². The lowest BCUT2D eigenvalue weighted by molar-refractivity contribution is -0.947. The normalized spacial score (nSPS) is 14.8. The first kappa shape index (κ1) is 18.8. The number of hydrogen-bond donors (Lipinski definition) is 1. The van der Waals surface area contributed by atoms with Gasteiger partial charge in [-0.05, 0) is 36.5 Å². The number of ether oxygens (including phenoxy) is 1. The molecule has 1 saturated carbocycles. The number of quaternary nitrogens is 1. The molecule has 146 valence electrons. The first-order valence-corrected chi connectivity index (χ1v) is 9.84. The van der Waals surface area contributed by atoms with Crippen molar-refractivity contribution in [3.05, 3.63) is 64.7 Å². The zero-order chi connectivity index (χ0) is 19.7. The van der Waals surface area contributed by atoms with Gasteiger partial charge in [-0.3, -0.25) is 0 Å². The summed E-state index contributed by atoms with van der Waals surface area (Å²) in [4.78, 5) is 1.40. The zero-order valence-corrected chi connectivity index (χ0v) is 16.9. The topological polar surface area (TPSA) is 36.4 Å². The van der Waals surface area contributed by atoms with Crippen molar-refractivity contribution in [3.63, 3.8) is 0 Å². The number of hydrogen-bond acceptors (Lipinski definition) is 3. The number of methoxy groups -OCH3 is 1. The molecule has 0 saturated heterocycles. The first-order chi connectivity index (χ1) is 13.6. The molecule has 7 heteroatoms. The van der Waals surface area contributed by atoms with Crippen LogP contribution in [-0.2, 0) is 20.3 Å². The molecular formula is C21H24FN4OS+. The third-order valence-electron chi connectivity index (χ3n) is 5.24. The Labute approximate surface area is 169 Å². The van der Waals surface area contributed by atoms with Crippen LogP contribution in [-0.4, -0.2) is 27.5 Å². The van der Waals surface area contributed by atoms with E-state index in [1.807, 2.05) is 52.7 Å². The van der Waals surface area contributed by atoms with Crippen LogP contribution in [0.4, 0.5) is 4.39 Å². The molecule has 1 atom stereocenters. The minimum Gasteiger partial charge on any atom is -0.496 e. The minimum absolute atomic E-state index is 0.204. The molecule has 2 aromatic carbocycles. The van der Waals surface area contributed by atoms with Crippen molar-refractivity contribution >= 4 is 12.2 Å². The second-order valence-corrected chi connectivity index (χ2v) is 7.62. The number of benzene rings is 2. The Morgan fingerprint density at radius 1 is 1.18 bits per heavy atom. The Hall–Kier alpha value is -2.51. The maximum atomic E-state index is 13.2. The third kappa shape index (κ3) is 3.86. The molecule has 0 aliphatic heterocycles. The molecular weight excluding hydrogens is 375 g/mol.